The predicted molar refractivity (Wildman–Crippen MR) is 171 cm³/mol. The van der Waals surface area contributed by atoms with Crippen molar-refractivity contribution in [1.82, 2.24) is 19.7 Å². The maximum atomic E-state index is 12.7. The lowest BCUT2D eigenvalue weighted by molar-refractivity contribution is -0.114. The van der Waals surface area contributed by atoms with Gasteiger partial charge >= 0.3 is 0 Å². The van der Waals surface area contributed by atoms with Gasteiger partial charge in [0.1, 0.15) is 12.4 Å². The van der Waals surface area contributed by atoms with E-state index in [1.807, 2.05) is 93.0 Å². The van der Waals surface area contributed by atoms with Gasteiger partial charge in [0.15, 0.2) is 15.3 Å². The third-order valence-electron chi connectivity index (χ3n) is 6.57. The van der Waals surface area contributed by atoms with E-state index in [0.29, 0.717) is 16.7 Å². The number of nitrogens with one attached hydrogen (secondary N) is 2. The molecule has 0 saturated heterocycles. The number of para-hydroxylation sites is 1. The molecule has 5 aromatic rings. The van der Waals surface area contributed by atoms with Crippen LogP contribution in [0.2, 0.25) is 0 Å². The van der Waals surface area contributed by atoms with Gasteiger partial charge in [-0.2, -0.15) is 0 Å². The number of aromatic nitrogens is 4. The molecule has 0 spiro atoms. The summed E-state index contributed by atoms with van der Waals surface area (Å²) in [7, 11) is 1.86. The third-order valence-corrected chi connectivity index (χ3v) is 9.75. The monoisotopic (exact) mass is 618 g/mol. The van der Waals surface area contributed by atoms with Crippen molar-refractivity contribution < 1.29 is 14.3 Å². The van der Waals surface area contributed by atoms with Gasteiger partial charge in [-0.15, -0.1) is 21.5 Å². The van der Waals surface area contributed by atoms with Crippen LogP contribution in [0.15, 0.2) is 70.2 Å². The molecular formula is C30H30N6O3S3. The average Bonchev–Trinajstić information content (AvgIpc) is 3.55. The first-order chi connectivity index (χ1) is 20.3. The number of amides is 2. The Labute approximate surface area is 256 Å². The maximum absolute atomic E-state index is 12.7. The Bertz CT molecular complexity index is 1750. The molecule has 0 aliphatic rings. The Morgan fingerprint density at radius 3 is 2.50 bits per heavy atom. The van der Waals surface area contributed by atoms with Crippen LogP contribution in [-0.4, -0.2) is 43.1 Å². The molecule has 2 N–H and O–H groups in total. The summed E-state index contributed by atoms with van der Waals surface area (Å²) in [6.45, 7) is 6.30. The van der Waals surface area contributed by atoms with Crippen LogP contribution in [0, 0.1) is 20.8 Å². The van der Waals surface area contributed by atoms with E-state index in [1.165, 1.54) is 34.9 Å². The number of thioether (sulfide) groups is 2. The van der Waals surface area contributed by atoms with Gasteiger partial charge in [0, 0.05) is 18.4 Å². The molecule has 42 heavy (non-hydrogen) atoms. The lowest BCUT2D eigenvalue weighted by Gasteiger charge is -2.09. The zero-order valence-corrected chi connectivity index (χ0v) is 26.1. The molecule has 2 amide bonds. The van der Waals surface area contributed by atoms with Crippen LogP contribution in [0.5, 0.6) is 5.75 Å². The second kappa shape index (κ2) is 13.4. The first-order valence-electron chi connectivity index (χ1n) is 13.2. The molecule has 9 nitrogen and oxygen atoms in total. The SMILES string of the molecule is Cc1ccccc1OCc1nnc(SCC(=O)Nc2ccc3nc(SCC(=O)Nc4cccc(C)c4C)sc3c2)n1C. The van der Waals surface area contributed by atoms with E-state index in [9.17, 15) is 9.59 Å². The molecule has 0 radical (unpaired) electrons. The molecule has 0 aliphatic heterocycles. The van der Waals surface area contributed by atoms with Gasteiger partial charge in [-0.1, -0.05) is 53.9 Å². The topological polar surface area (TPSA) is 111 Å². The average molecular weight is 619 g/mol. The Hall–Kier alpha value is -3.87. The first kappa shape index (κ1) is 29.6. The van der Waals surface area contributed by atoms with Gasteiger partial charge in [0.05, 0.1) is 21.7 Å². The van der Waals surface area contributed by atoms with Crippen LogP contribution in [0.25, 0.3) is 10.2 Å². The number of nitrogens with zero attached hydrogens (tertiary/aromatic N) is 4. The fourth-order valence-corrected chi connectivity index (χ4v) is 6.67. The van der Waals surface area contributed by atoms with Crippen molar-refractivity contribution in [3.8, 4) is 5.75 Å². The van der Waals surface area contributed by atoms with Crippen LogP contribution < -0.4 is 15.4 Å². The van der Waals surface area contributed by atoms with Crippen molar-refractivity contribution in [1.29, 1.82) is 0 Å². The van der Waals surface area contributed by atoms with Crippen molar-refractivity contribution in [3.05, 3.63) is 83.2 Å². The first-order valence-corrected chi connectivity index (χ1v) is 15.9. The van der Waals surface area contributed by atoms with Gasteiger partial charge in [0.2, 0.25) is 11.8 Å². The number of aryl methyl sites for hydroxylation is 2. The van der Waals surface area contributed by atoms with E-state index in [2.05, 4.69) is 25.8 Å². The second-order valence-corrected chi connectivity index (χ2v) is 12.8. The maximum Gasteiger partial charge on any atom is 0.234 e. The highest BCUT2D eigenvalue weighted by Gasteiger charge is 2.14. The summed E-state index contributed by atoms with van der Waals surface area (Å²) in [5, 5.41) is 15.0. The lowest BCUT2D eigenvalue weighted by Crippen LogP contribution is -2.15. The number of carbonyl (C=O) groups is 2. The fraction of sp³-hybridized carbons (Fsp3) is 0.233. The number of thiazole rings is 1. The van der Waals surface area contributed by atoms with Crippen molar-refractivity contribution in [2.75, 3.05) is 22.1 Å². The Morgan fingerprint density at radius 1 is 0.905 bits per heavy atom. The lowest BCUT2D eigenvalue weighted by atomic mass is 10.1. The highest BCUT2D eigenvalue weighted by Crippen LogP contribution is 2.32. The Morgan fingerprint density at radius 2 is 1.67 bits per heavy atom. The number of rotatable bonds is 11. The summed E-state index contributed by atoms with van der Waals surface area (Å²) in [5.41, 5.74) is 5.59. The van der Waals surface area contributed by atoms with Crippen LogP contribution in [-0.2, 0) is 23.2 Å². The van der Waals surface area contributed by atoms with Crippen LogP contribution in [0.1, 0.15) is 22.5 Å². The fourth-order valence-electron chi connectivity index (χ4n) is 4.03. The van der Waals surface area contributed by atoms with Crippen LogP contribution in [0.4, 0.5) is 11.4 Å². The van der Waals surface area contributed by atoms with Crippen LogP contribution in [0.3, 0.4) is 0 Å². The van der Waals surface area contributed by atoms with E-state index in [1.54, 1.807) is 0 Å². The van der Waals surface area contributed by atoms with Crippen molar-refractivity contribution in [2.45, 2.75) is 36.9 Å². The Kier molecular flexibility index (Phi) is 9.45. The Balaban J connectivity index is 1.11. The summed E-state index contributed by atoms with van der Waals surface area (Å²) in [6, 6.07) is 19.3. The van der Waals surface area contributed by atoms with Crippen molar-refractivity contribution in [3.63, 3.8) is 0 Å². The minimum absolute atomic E-state index is 0.0766. The normalized spacial score (nSPS) is 11.0. The van der Waals surface area contributed by atoms with E-state index >= 15 is 0 Å². The molecule has 0 atom stereocenters. The summed E-state index contributed by atoms with van der Waals surface area (Å²) in [4.78, 5) is 29.8. The molecule has 216 valence electrons. The van der Waals surface area contributed by atoms with Gasteiger partial charge in [-0.3, -0.25) is 9.59 Å². The number of fused-ring (bicyclic) bond motifs is 1. The molecule has 0 saturated carbocycles. The summed E-state index contributed by atoms with van der Waals surface area (Å²) in [6.07, 6.45) is 0. The molecular weight excluding hydrogens is 589 g/mol. The van der Waals surface area contributed by atoms with Gasteiger partial charge < -0.3 is 19.9 Å². The summed E-state index contributed by atoms with van der Waals surface area (Å²) >= 11 is 4.20. The number of hydrogen-bond donors (Lipinski definition) is 2. The smallest absolute Gasteiger partial charge is 0.234 e. The van der Waals surface area contributed by atoms with Gasteiger partial charge in [0.25, 0.3) is 0 Å². The minimum atomic E-state index is -0.151. The van der Waals surface area contributed by atoms with Gasteiger partial charge in [-0.25, -0.2) is 4.98 Å². The third kappa shape index (κ3) is 7.30. The van der Waals surface area contributed by atoms with E-state index in [4.69, 9.17) is 4.74 Å². The largest absolute Gasteiger partial charge is 0.485 e. The highest BCUT2D eigenvalue weighted by atomic mass is 32.2. The molecule has 0 unspecified atom stereocenters. The molecule has 5 rings (SSSR count). The number of hydrogen-bond acceptors (Lipinski definition) is 9. The molecule has 0 fully saturated rings. The predicted octanol–water partition coefficient (Wildman–Crippen LogP) is 6.39. The standard InChI is InChI=1S/C30H30N6O3S3/c1-18-9-7-10-22(20(18)3)32-28(38)17-41-30-33-23-13-12-21(14-25(23)42-30)31-27(37)16-40-29-35-34-26(36(29)4)15-39-24-11-6-5-8-19(24)2/h5-14H,15-17H2,1-4H3,(H,31,37)(H,32,38). The van der Waals surface area contributed by atoms with Crippen LogP contribution >= 0.6 is 34.9 Å². The molecule has 12 heteroatoms. The molecule has 3 aromatic carbocycles. The van der Waals surface area contributed by atoms with E-state index in [-0.39, 0.29) is 29.9 Å². The quantitative estimate of drug-likeness (QED) is 0.164. The van der Waals surface area contributed by atoms with E-state index < -0.39 is 0 Å². The summed E-state index contributed by atoms with van der Waals surface area (Å²) < 4.78 is 9.45. The number of benzene rings is 3. The second-order valence-electron chi connectivity index (χ2n) is 9.60. The molecule has 2 aromatic heterocycles. The highest BCUT2D eigenvalue weighted by molar-refractivity contribution is 8.01. The summed E-state index contributed by atoms with van der Waals surface area (Å²) in [5.74, 6) is 1.69. The van der Waals surface area contributed by atoms with Gasteiger partial charge in [-0.05, 0) is 67.8 Å². The number of anilines is 2. The minimum Gasteiger partial charge on any atom is -0.485 e. The number of ether oxygens (including phenoxy) is 1. The zero-order valence-electron chi connectivity index (χ0n) is 23.6. The molecule has 2 heterocycles. The molecule has 0 bridgehead atoms. The van der Waals surface area contributed by atoms with Crippen molar-refractivity contribution in [2.24, 2.45) is 7.05 Å². The number of carbonyl (C=O) groups excluding carboxylic acids is 2. The van der Waals surface area contributed by atoms with Crippen molar-refractivity contribution >= 4 is 68.3 Å². The zero-order chi connectivity index (χ0) is 29.6. The molecule has 0 aliphatic carbocycles. The van der Waals surface area contributed by atoms with E-state index in [0.717, 1.165) is 42.7 Å².